The van der Waals surface area contributed by atoms with Crippen molar-refractivity contribution >= 4 is 22.1 Å². The van der Waals surface area contributed by atoms with Crippen molar-refractivity contribution in [2.75, 3.05) is 13.1 Å². The molecule has 0 aromatic heterocycles. The van der Waals surface area contributed by atoms with Gasteiger partial charge in [-0.2, -0.15) is 9.41 Å². The lowest BCUT2D eigenvalue weighted by molar-refractivity contribution is -0.126. The van der Waals surface area contributed by atoms with E-state index in [4.69, 9.17) is 0 Å². The van der Waals surface area contributed by atoms with Crippen LogP contribution in [0.4, 0.5) is 0 Å². The van der Waals surface area contributed by atoms with E-state index in [0.717, 1.165) is 16.7 Å². The number of sulfonamides is 1. The molecule has 0 saturated carbocycles. The Morgan fingerprint density at radius 1 is 1.14 bits per heavy atom. The summed E-state index contributed by atoms with van der Waals surface area (Å²) in [5.74, 6) is -0.670. The Morgan fingerprint density at radius 2 is 1.89 bits per heavy atom. The quantitative estimate of drug-likeness (QED) is 0.620. The highest BCUT2D eigenvalue weighted by Crippen LogP contribution is 2.24. The highest BCUT2D eigenvalue weighted by molar-refractivity contribution is 7.89. The van der Waals surface area contributed by atoms with Crippen molar-refractivity contribution < 1.29 is 13.2 Å². The first kappa shape index (κ1) is 20.2. The molecular formula is C21H25N3O3S. The monoisotopic (exact) mass is 399 g/mol. The molecular weight excluding hydrogens is 374 g/mol. The summed E-state index contributed by atoms with van der Waals surface area (Å²) in [6.07, 6.45) is 2.88. The molecule has 1 N–H and O–H groups in total. The Bertz CT molecular complexity index is 969. The van der Waals surface area contributed by atoms with Crippen LogP contribution in [0, 0.1) is 19.8 Å². The van der Waals surface area contributed by atoms with Gasteiger partial charge in [-0.3, -0.25) is 4.79 Å². The Hall–Kier alpha value is -2.51. The zero-order valence-electron chi connectivity index (χ0n) is 16.1. The number of carbonyl (C=O) groups is 1. The normalized spacial score (nSPS) is 18.3. The molecule has 1 aliphatic heterocycles. The number of piperidine rings is 1. The van der Waals surface area contributed by atoms with Gasteiger partial charge in [-0.1, -0.05) is 47.5 Å². The number of hydrogen-bond donors (Lipinski definition) is 1. The molecule has 1 aliphatic rings. The van der Waals surface area contributed by atoms with Crippen LogP contribution < -0.4 is 5.43 Å². The summed E-state index contributed by atoms with van der Waals surface area (Å²) in [5.41, 5.74) is 5.56. The number of hydrazone groups is 1. The van der Waals surface area contributed by atoms with E-state index < -0.39 is 15.9 Å². The third-order valence-corrected chi connectivity index (χ3v) is 6.72. The van der Waals surface area contributed by atoms with Crippen LogP contribution >= 0.6 is 0 Å². The second kappa shape index (κ2) is 8.67. The molecule has 6 nitrogen and oxygen atoms in total. The number of nitrogens with zero attached hydrogens (tertiary/aromatic N) is 2. The van der Waals surface area contributed by atoms with Gasteiger partial charge in [-0.25, -0.2) is 13.8 Å². The number of hydrogen-bond acceptors (Lipinski definition) is 4. The van der Waals surface area contributed by atoms with Crippen molar-refractivity contribution in [2.24, 2.45) is 11.0 Å². The van der Waals surface area contributed by atoms with Gasteiger partial charge < -0.3 is 0 Å². The largest absolute Gasteiger partial charge is 0.273 e. The van der Waals surface area contributed by atoms with Gasteiger partial charge in [-0.15, -0.1) is 0 Å². The molecule has 2 aromatic rings. The number of amides is 1. The summed E-state index contributed by atoms with van der Waals surface area (Å²) in [6.45, 7) is 4.49. The summed E-state index contributed by atoms with van der Waals surface area (Å²) in [4.78, 5) is 12.7. The van der Waals surface area contributed by atoms with E-state index in [-0.39, 0.29) is 17.3 Å². The molecule has 148 valence electrons. The molecule has 1 amide bonds. The third-order valence-electron chi connectivity index (χ3n) is 4.84. The third kappa shape index (κ3) is 4.85. The van der Waals surface area contributed by atoms with E-state index in [2.05, 4.69) is 10.5 Å². The van der Waals surface area contributed by atoms with E-state index in [1.807, 2.05) is 38.1 Å². The van der Waals surface area contributed by atoms with E-state index in [9.17, 15) is 13.2 Å². The predicted molar refractivity (Wildman–Crippen MR) is 110 cm³/mol. The number of carbonyl (C=O) groups excluding carboxylic acids is 1. The molecule has 0 spiro atoms. The highest BCUT2D eigenvalue weighted by Gasteiger charge is 2.33. The second-order valence-electron chi connectivity index (χ2n) is 7.16. The van der Waals surface area contributed by atoms with Gasteiger partial charge in [0.1, 0.15) is 0 Å². The first-order valence-corrected chi connectivity index (χ1v) is 10.8. The van der Waals surface area contributed by atoms with Crippen LogP contribution in [-0.4, -0.2) is 37.9 Å². The SMILES string of the molecule is Cc1ccc(S(=O)(=O)N2CCC[C@@H](C(=O)N/N=C\c3cccc(C)c3)C2)cc1. The molecule has 1 atom stereocenters. The van der Waals surface area contributed by atoms with Crippen LogP contribution in [-0.2, 0) is 14.8 Å². The van der Waals surface area contributed by atoms with Crippen molar-refractivity contribution in [1.29, 1.82) is 0 Å². The van der Waals surface area contributed by atoms with Gasteiger partial charge in [0, 0.05) is 13.1 Å². The smallest absolute Gasteiger partial charge is 0.244 e. The molecule has 2 aromatic carbocycles. The minimum atomic E-state index is -3.60. The average molecular weight is 400 g/mol. The van der Waals surface area contributed by atoms with Crippen molar-refractivity contribution in [3.63, 3.8) is 0 Å². The van der Waals surface area contributed by atoms with E-state index >= 15 is 0 Å². The summed E-state index contributed by atoms with van der Waals surface area (Å²) in [5, 5.41) is 4.02. The number of aryl methyl sites for hydroxylation is 2. The maximum atomic E-state index is 12.9. The molecule has 0 radical (unpaired) electrons. The standard InChI is InChI=1S/C21H25N3O3S/c1-16-8-10-20(11-9-16)28(26,27)24-12-4-7-19(15-24)21(25)23-22-14-18-6-3-5-17(2)13-18/h3,5-6,8-11,13-14,19H,4,7,12,15H2,1-2H3,(H,23,25)/b22-14-/t19-/m1/s1. The molecule has 1 fully saturated rings. The Morgan fingerprint density at radius 3 is 2.61 bits per heavy atom. The lowest BCUT2D eigenvalue weighted by Crippen LogP contribution is -2.44. The van der Waals surface area contributed by atoms with E-state index in [1.54, 1.807) is 30.5 Å². The lowest BCUT2D eigenvalue weighted by Gasteiger charge is -2.30. The maximum Gasteiger partial charge on any atom is 0.244 e. The van der Waals surface area contributed by atoms with Crippen LogP contribution in [0.5, 0.6) is 0 Å². The van der Waals surface area contributed by atoms with Crippen molar-refractivity contribution in [3.05, 3.63) is 65.2 Å². The van der Waals surface area contributed by atoms with Gasteiger partial charge in [0.15, 0.2) is 0 Å². The van der Waals surface area contributed by atoms with Gasteiger partial charge in [0.05, 0.1) is 17.0 Å². The number of rotatable bonds is 5. The average Bonchev–Trinajstić information content (AvgIpc) is 2.68. The van der Waals surface area contributed by atoms with Crippen LogP contribution in [0.3, 0.4) is 0 Å². The molecule has 0 unspecified atom stereocenters. The summed E-state index contributed by atoms with van der Waals surface area (Å²) < 4.78 is 27.1. The minimum Gasteiger partial charge on any atom is -0.273 e. The summed E-state index contributed by atoms with van der Waals surface area (Å²) in [7, 11) is -3.60. The summed E-state index contributed by atoms with van der Waals surface area (Å²) >= 11 is 0. The minimum absolute atomic E-state index is 0.169. The number of nitrogens with one attached hydrogen (secondary N) is 1. The summed E-state index contributed by atoms with van der Waals surface area (Å²) in [6, 6.07) is 14.6. The predicted octanol–water partition coefficient (Wildman–Crippen LogP) is 2.85. The molecule has 7 heteroatoms. The van der Waals surface area contributed by atoms with Crippen LogP contribution in [0.25, 0.3) is 0 Å². The van der Waals surface area contributed by atoms with Gasteiger partial charge in [-0.05, 0) is 44.4 Å². The van der Waals surface area contributed by atoms with E-state index in [0.29, 0.717) is 19.4 Å². The number of benzene rings is 2. The molecule has 1 heterocycles. The molecule has 28 heavy (non-hydrogen) atoms. The fourth-order valence-corrected chi connectivity index (χ4v) is 4.77. The first-order chi connectivity index (χ1) is 13.4. The van der Waals surface area contributed by atoms with Crippen LogP contribution in [0.15, 0.2) is 58.5 Å². The highest BCUT2D eigenvalue weighted by atomic mass is 32.2. The molecule has 0 aliphatic carbocycles. The van der Waals surface area contributed by atoms with Crippen molar-refractivity contribution in [2.45, 2.75) is 31.6 Å². The Labute approximate surface area is 166 Å². The maximum absolute atomic E-state index is 12.9. The van der Waals surface area contributed by atoms with Crippen molar-refractivity contribution in [3.8, 4) is 0 Å². The van der Waals surface area contributed by atoms with Gasteiger partial charge >= 0.3 is 0 Å². The van der Waals surface area contributed by atoms with Gasteiger partial charge in [0.2, 0.25) is 15.9 Å². The lowest BCUT2D eigenvalue weighted by atomic mass is 9.99. The molecule has 0 bridgehead atoms. The van der Waals surface area contributed by atoms with Gasteiger partial charge in [0.25, 0.3) is 0 Å². The Balaban J connectivity index is 1.64. The van der Waals surface area contributed by atoms with E-state index in [1.165, 1.54) is 4.31 Å². The zero-order chi connectivity index (χ0) is 20.1. The Kier molecular flexibility index (Phi) is 6.26. The second-order valence-corrected chi connectivity index (χ2v) is 9.10. The van der Waals surface area contributed by atoms with Crippen LogP contribution in [0.1, 0.15) is 29.5 Å². The first-order valence-electron chi connectivity index (χ1n) is 9.32. The fraction of sp³-hybridized carbons (Fsp3) is 0.333. The van der Waals surface area contributed by atoms with Crippen LogP contribution in [0.2, 0.25) is 0 Å². The zero-order valence-corrected chi connectivity index (χ0v) is 16.9. The molecule has 1 saturated heterocycles. The molecule has 3 rings (SSSR count). The topological polar surface area (TPSA) is 78.8 Å². The fourth-order valence-electron chi connectivity index (χ4n) is 3.25. The van der Waals surface area contributed by atoms with Crippen molar-refractivity contribution in [1.82, 2.24) is 9.73 Å².